The Morgan fingerprint density at radius 1 is 1.42 bits per heavy atom. The number of rotatable bonds is 6. The van der Waals surface area contributed by atoms with Crippen molar-refractivity contribution in [1.82, 2.24) is 10.6 Å². The van der Waals surface area contributed by atoms with E-state index in [0.717, 1.165) is 0 Å². The molecule has 0 bridgehead atoms. The molecule has 1 aromatic rings. The molecule has 1 unspecified atom stereocenters. The second kappa shape index (κ2) is 6.14. The maximum absolute atomic E-state index is 11.0. The number of benzene rings is 1. The highest BCUT2D eigenvalue weighted by molar-refractivity contribution is 5.78. The van der Waals surface area contributed by atoms with Gasteiger partial charge in [0.05, 0.1) is 4.92 Å². The van der Waals surface area contributed by atoms with Gasteiger partial charge >= 0.3 is 0 Å². The first-order valence-corrected chi connectivity index (χ1v) is 6.02. The molecule has 1 saturated heterocycles. The van der Waals surface area contributed by atoms with Crippen LogP contribution in [0.4, 0.5) is 5.69 Å². The van der Waals surface area contributed by atoms with E-state index in [2.05, 4.69) is 10.6 Å². The number of nitro groups is 1. The van der Waals surface area contributed by atoms with Gasteiger partial charge in [-0.1, -0.05) is 0 Å². The minimum Gasteiger partial charge on any atom is -0.492 e. The molecule has 0 radical (unpaired) electrons. The first-order chi connectivity index (χ1) is 9.15. The molecule has 19 heavy (non-hydrogen) atoms. The fourth-order valence-electron chi connectivity index (χ4n) is 1.85. The standard InChI is InChI=1S/C12H15N3O4/c16-12-7-9(8-14-12)13-5-6-19-11-3-1-10(2-4-11)15(17)18/h1-4,9,13H,5-8H2,(H,14,16). The lowest BCUT2D eigenvalue weighted by molar-refractivity contribution is -0.384. The Bertz CT molecular complexity index is 461. The number of carbonyl (C=O) groups excluding carboxylic acids is 1. The molecule has 1 heterocycles. The van der Waals surface area contributed by atoms with Crippen LogP contribution in [0.3, 0.4) is 0 Å². The zero-order valence-electron chi connectivity index (χ0n) is 10.3. The molecule has 1 atom stereocenters. The molecule has 1 aliphatic rings. The van der Waals surface area contributed by atoms with Gasteiger partial charge in [-0.3, -0.25) is 14.9 Å². The number of nitrogens with one attached hydrogen (secondary N) is 2. The van der Waals surface area contributed by atoms with Gasteiger partial charge < -0.3 is 15.4 Å². The summed E-state index contributed by atoms with van der Waals surface area (Å²) in [5.41, 5.74) is 0.0426. The Hall–Kier alpha value is -2.15. The van der Waals surface area contributed by atoms with E-state index >= 15 is 0 Å². The Kier molecular flexibility index (Phi) is 4.30. The van der Waals surface area contributed by atoms with Crippen LogP contribution in [0.2, 0.25) is 0 Å². The number of nitrogens with zero attached hydrogens (tertiary/aromatic N) is 1. The fourth-order valence-corrected chi connectivity index (χ4v) is 1.85. The van der Waals surface area contributed by atoms with Gasteiger partial charge in [-0.25, -0.2) is 0 Å². The van der Waals surface area contributed by atoms with Crippen molar-refractivity contribution in [2.24, 2.45) is 0 Å². The summed E-state index contributed by atoms with van der Waals surface area (Å²) in [5, 5.41) is 16.4. The van der Waals surface area contributed by atoms with Gasteiger partial charge in [0.2, 0.25) is 5.91 Å². The van der Waals surface area contributed by atoms with Gasteiger partial charge in [0, 0.05) is 37.7 Å². The topological polar surface area (TPSA) is 93.5 Å². The smallest absolute Gasteiger partial charge is 0.269 e. The normalized spacial score (nSPS) is 18.1. The zero-order chi connectivity index (χ0) is 13.7. The van der Waals surface area contributed by atoms with Crippen LogP contribution in [0.25, 0.3) is 0 Å². The second-order valence-electron chi connectivity index (χ2n) is 4.26. The predicted octanol–water partition coefficient (Wildman–Crippen LogP) is 0.452. The summed E-state index contributed by atoms with van der Waals surface area (Å²) in [6, 6.07) is 6.11. The van der Waals surface area contributed by atoms with Crippen molar-refractivity contribution in [2.45, 2.75) is 12.5 Å². The predicted molar refractivity (Wildman–Crippen MR) is 68.0 cm³/mol. The third-order valence-corrected chi connectivity index (χ3v) is 2.83. The maximum atomic E-state index is 11.0. The molecule has 0 saturated carbocycles. The number of hydrogen-bond donors (Lipinski definition) is 2. The van der Waals surface area contributed by atoms with E-state index in [-0.39, 0.29) is 17.6 Å². The SMILES string of the molecule is O=C1CC(NCCOc2ccc([N+](=O)[O-])cc2)CN1. The van der Waals surface area contributed by atoms with E-state index < -0.39 is 4.92 Å². The molecular weight excluding hydrogens is 250 g/mol. The molecule has 0 spiro atoms. The molecule has 1 aliphatic heterocycles. The Balaban J connectivity index is 1.68. The summed E-state index contributed by atoms with van der Waals surface area (Å²) in [6.07, 6.45) is 0.498. The summed E-state index contributed by atoms with van der Waals surface area (Å²) in [6.45, 7) is 1.72. The molecular formula is C12H15N3O4. The number of amides is 1. The molecule has 7 heteroatoms. The highest BCUT2D eigenvalue weighted by atomic mass is 16.6. The van der Waals surface area contributed by atoms with Crippen molar-refractivity contribution in [3.8, 4) is 5.75 Å². The van der Waals surface area contributed by atoms with Crippen LogP contribution in [0.1, 0.15) is 6.42 Å². The zero-order valence-corrected chi connectivity index (χ0v) is 10.3. The average Bonchev–Trinajstić information content (AvgIpc) is 2.81. The van der Waals surface area contributed by atoms with Gasteiger partial charge in [-0.15, -0.1) is 0 Å². The third kappa shape index (κ3) is 3.92. The summed E-state index contributed by atoms with van der Waals surface area (Å²) >= 11 is 0. The second-order valence-corrected chi connectivity index (χ2v) is 4.26. The van der Waals surface area contributed by atoms with Crippen LogP contribution >= 0.6 is 0 Å². The lowest BCUT2D eigenvalue weighted by Gasteiger charge is -2.11. The molecule has 1 fully saturated rings. The van der Waals surface area contributed by atoms with E-state index in [1.165, 1.54) is 12.1 Å². The van der Waals surface area contributed by atoms with E-state index in [9.17, 15) is 14.9 Å². The molecule has 1 aromatic carbocycles. The molecule has 1 amide bonds. The molecule has 2 N–H and O–H groups in total. The van der Waals surface area contributed by atoms with Crippen LogP contribution in [-0.2, 0) is 4.79 Å². The van der Waals surface area contributed by atoms with Crippen LogP contribution in [0, 0.1) is 10.1 Å². The van der Waals surface area contributed by atoms with Gasteiger partial charge in [0.25, 0.3) is 5.69 Å². The quantitative estimate of drug-likeness (QED) is 0.442. The molecule has 2 rings (SSSR count). The third-order valence-electron chi connectivity index (χ3n) is 2.83. The molecule has 102 valence electrons. The number of hydrogen-bond acceptors (Lipinski definition) is 5. The summed E-state index contributed by atoms with van der Waals surface area (Å²) < 4.78 is 5.44. The van der Waals surface area contributed by atoms with E-state index in [0.29, 0.717) is 31.9 Å². The van der Waals surface area contributed by atoms with Gasteiger partial charge in [0.15, 0.2) is 0 Å². The monoisotopic (exact) mass is 265 g/mol. The van der Waals surface area contributed by atoms with E-state index in [1.54, 1.807) is 12.1 Å². The van der Waals surface area contributed by atoms with E-state index in [4.69, 9.17) is 4.74 Å². The van der Waals surface area contributed by atoms with Crippen molar-refractivity contribution in [3.63, 3.8) is 0 Å². The fraction of sp³-hybridized carbons (Fsp3) is 0.417. The largest absolute Gasteiger partial charge is 0.492 e. The minimum atomic E-state index is -0.449. The van der Waals surface area contributed by atoms with Crippen LogP contribution in [-0.4, -0.2) is 36.6 Å². The lowest BCUT2D eigenvalue weighted by Crippen LogP contribution is -2.34. The Morgan fingerprint density at radius 2 is 2.16 bits per heavy atom. The van der Waals surface area contributed by atoms with Crippen molar-refractivity contribution in [3.05, 3.63) is 34.4 Å². The highest BCUT2D eigenvalue weighted by Crippen LogP contribution is 2.16. The maximum Gasteiger partial charge on any atom is 0.269 e. The first kappa shape index (κ1) is 13.3. The van der Waals surface area contributed by atoms with Crippen LogP contribution in [0.15, 0.2) is 24.3 Å². The number of ether oxygens (including phenoxy) is 1. The molecule has 0 aromatic heterocycles. The van der Waals surface area contributed by atoms with Crippen molar-refractivity contribution in [1.29, 1.82) is 0 Å². The number of nitro benzene ring substituents is 1. The van der Waals surface area contributed by atoms with Gasteiger partial charge in [-0.2, -0.15) is 0 Å². The van der Waals surface area contributed by atoms with Crippen molar-refractivity contribution < 1.29 is 14.5 Å². The number of carbonyl (C=O) groups is 1. The summed E-state index contributed by atoms with van der Waals surface area (Å²) in [4.78, 5) is 21.0. The minimum absolute atomic E-state index is 0.0426. The Morgan fingerprint density at radius 3 is 2.74 bits per heavy atom. The highest BCUT2D eigenvalue weighted by Gasteiger charge is 2.20. The van der Waals surface area contributed by atoms with Crippen LogP contribution in [0.5, 0.6) is 5.75 Å². The van der Waals surface area contributed by atoms with Gasteiger partial charge in [0.1, 0.15) is 12.4 Å². The molecule has 7 nitrogen and oxygen atoms in total. The number of non-ortho nitro benzene ring substituents is 1. The van der Waals surface area contributed by atoms with Crippen molar-refractivity contribution in [2.75, 3.05) is 19.7 Å². The summed E-state index contributed by atoms with van der Waals surface area (Å²) in [5.74, 6) is 0.654. The van der Waals surface area contributed by atoms with Gasteiger partial charge in [-0.05, 0) is 12.1 Å². The lowest BCUT2D eigenvalue weighted by atomic mass is 10.2. The summed E-state index contributed by atoms with van der Waals surface area (Å²) in [7, 11) is 0. The van der Waals surface area contributed by atoms with Crippen molar-refractivity contribution >= 4 is 11.6 Å². The Labute approximate surface area is 110 Å². The molecule has 0 aliphatic carbocycles. The van der Waals surface area contributed by atoms with E-state index in [1.807, 2.05) is 0 Å². The van der Waals surface area contributed by atoms with Crippen LogP contribution < -0.4 is 15.4 Å². The average molecular weight is 265 g/mol. The first-order valence-electron chi connectivity index (χ1n) is 6.02.